The Balaban J connectivity index is 2.38. The highest BCUT2D eigenvalue weighted by Gasteiger charge is 2.18. The summed E-state index contributed by atoms with van der Waals surface area (Å²) in [5.41, 5.74) is 2.34. The van der Waals surface area contributed by atoms with Crippen molar-refractivity contribution in [3.8, 4) is 0 Å². The Morgan fingerprint density at radius 2 is 2.29 bits per heavy atom. The van der Waals surface area contributed by atoms with Gasteiger partial charge < -0.3 is 5.32 Å². The lowest BCUT2D eigenvalue weighted by Crippen LogP contribution is -2.24. The Morgan fingerprint density at radius 1 is 1.47 bits per heavy atom. The number of nitrogens with zero attached hydrogens (tertiary/aromatic N) is 2. The molecule has 0 aliphatic carbocycles. The predicted octanol–water partition coefficient (Wildman–Crippen LogP) is 2.97. The highest BCUT2D eigenvalue weighted by atomic mass is 32.1. The predicted molar refractivity (Wildman–Crippen MR) is 72.5 cm³/mol. The Bertz CT molecular complexity index is 459. The van der Waals surface area contributed by atoms with E-state index < -0.39 is 0 Å². The van der Waals surface area contributed by atoms with Crippen LogP contribution in [-0.2, 0) is 6.54 Å². The van der Waals surface area contributed by atoms with Crippen LogP contribution in [0.25, 0.3) is 0 Å². The number of aryl methyl sites for hydroxylation is 2. The van der Waals surface area contributed by atoms with E-state index in [0.717, 1.165) is 18.8 Å². The first kappa shape index (κ1) is 12.3. The molecule has 0 aromatic carbocycles. The van der Waals surface area contributed by atoms with E-state index >= 15 is 0 Å². The molecule has 0 fully saturated rings. The third kappa shape index (κ3) is 2.58. The van der Waals surface area contributed by atoms with Gasteiger partial charge in [-0.1, -0.05) is 13.0 Å². The minimum atomic E-state index is 0.265. The molecule has 0 bridgehead atoms. The molecule has 3 nitrogen and oxygen atoms in total. The maximum atomic E-state index is 4.52. The van der Waals surface area contributed by atoms with E-state index in [-0.39, 0.29) is 6.04 Å². The lowest BCUT2D eigenvalue weighted by atomic mass is 10.1. The van der Waals surface area contributed by atoms with Gasteiger partial charge in [0.2, 0.25) is 0 Å². The Kier molecular flexibility index (Phi) is 3.97. The van der Waals surface area contributed by atoms with Crippen LogP contribution >= 0.6 is 11.3 Å². The van der Waals surface area contributed by atoms with Crippen molar-refractivity contribution in [1.82, 2.24) is 15.1 Å². The van der Waals surface area contributed by atoms with Crippen molar-refractivity contribution >= 4 is 11.3 Å². The highest BCUT2D eigenvalue weighted by molar-refractivity contribution is 7.10. The van der Waals surface area contributed by atoms with Crippen LogP contribution in [0.4, 0.5) is 0 Å². The van der Waals surface area contributed by atoms with Gasteiger partial charge in [0.25, 0.3) is 0 Å². The standard InChI is InChI=1S/C13H19N3S/c1-4-14-13(12-7-6-8-17-12)11-9-10(3)15-16(11)5-2/h6-9,13-14H,4-5H2,1-3H3. The fraction of sp³-hybridized carbons (Fsp3) is 0.462. The molecule has 2 heterocycles. The van der Waals surface area contributed by atoms with Crippen molar-refractivity contribution in [2.75, 3.05) is 6.54 Å². The molecule has 0 aliphatic rings. The molecular weight excluding hydrogens is 230 g/mol. The molecule has 0 saturated heterocycles. The second kappa shape index (κ2) is 5.47. The normalized spacial score (nSPS) is 12.9. The first-order valence-corrected chi connectivity index (χ1v) is 6.95. The summed E-state index contributed by atoms with van der Waals surface area (Å²) < 4.78 is 2.09. The highest BCUT2D eigenvalue weighted by Crippen LogP contribution is 2.26. The lowest BCUT2D eigenvalue weighted by Gasteiger charge is -2.17. The summed E-state index contributed by atoms with van der Waals surface area (Å²) in [5.74, 6) is 0. The van der Waals surface area contributed by atoms with E-state index in [9.17, 15) is 0 Å². The van der Waals surface area contributed by atoms with Gasteiger partial charge in [0.05, 0.1) is 17.4 Å². The zero-order chi connectivity index (χ0) is 12.3. The second-order valence-electron chi connectivity index (χ2n) is 4.03. The topological polar surface area (TPSA) is 29.9 Å². The number of rotatable bonds is 5. The first-order chi connectivity index (χ1) is 8.26. The zero-order valence-electron chi connectivity index (χ0n) is 10.6. The molecule has 0 amide bonds. The molecule has 1 N–H and O–H groups in total. The van der Waals surface area contributed by atoms with Gasteiger partial charge in [0.1, 0.15) is 0 Å². The van der Waals surface area contributed by atoms with Gasteiger partial charge in [-0.05, 0) is 37.9 Å². The van der Waals surface area contributed by atoms with Crippen LogP contribution in [0.3, 0.4) is 0 Å². The van der Waals surface area contributed by atoms with Gasteiger partial charge in [0, 0.05) is 11.4 Å². The molecule has 1 atom stereocenters. The van der Waals surface area contributed by atoms with Crippen LogP contribution in [0.2, 0.25) is 0 Å². The Hall–Kier alpha value is -1.13. The molecule has 0 aliphatic heterocycles. The van der Waals surface area contributed by atoms with Crippen molar-refractivity contribution in [2.45, 2.75) is 33.4 Å². The summed E-state index contributed by atoms with van der Waals surface area (Å²) in [6.07, 6.45) is 0. The fourth-order valence-corrected chi connectivity index (χ4v) is 2.87. The van der Waals surface area contributed by atoms with E-state index in [4.69, 9.17) is 0 Å². The Morgan fingerprint density at radius 3 is 2.88 bits per heavy atom. The summed E-state index contributed by atoms with van der Waals surface area (Å²) in [4.78, 5) is 1.35. The molecule has 1 unspecified atom stereocenters. The number of nitrogens with one attached hydrogen (secondary N) is 1. The van der Waals surface area contributed by atoms with Gasteiger partial charge in [-0.15, -0.1) is 11.3 Å². The van der Waals surface area contributed by atoms with Crippen LogP contribution in [-0.4, -0.2) is 16.3 Å². The van der Waals surface area contributed by atoms with Crippen molar-refractivity contribution in [2.24, 2.45) is 0 Å². The number of aromatic nitrogens is 2. The van der Waals surface area contributed by atoms with Gasteiger partial charge in [0.15, 0.2) is 0 Å². The van der Waals surface area contributed by atoms with Gasteiger partial charge in [-0.25, -0.2) is 0 Å². The minimum Gasteiger partial charge on any atom is -0.305 e. The summed E-state index contributed by atoms with van der Waals surface area (Å²) in [5, 5.41) is 10.2. The smallest absolute Gasteiger partial charge is 0.0841 e. The van der Waals surface area contributed by atoms with Crippen LogP contribution < -0.4 is 5.32 Å². The summed E-state index contributed by atoms with van der Waals surface area (Å²) in [6, 6.07) is 6.72. The van der Waals surface area contributed by atoms with Gasteiger partial charge >= 0.3 is 0 Å². The molecule has 4 heteroatoms. The molecule has 0 radical (unpaired) electrons. The second-order valence-corrected chi connectivity index (χ2v) is 5.01. The van der Waals surface area contributed by atoms with E-state index in [2.05, 4.69) is 52.5 Å². The third-order valence-corrected chi connectivity index (χ3v) is 3.70. The molecule has 2 aromatic rings. The monoisotopic (exact) mass is 249 g/mol. The average molecular weight is 249 g/mol. The fourth-order valence-electron chi connectivity index (χ4n) is 2.06. The average Bonchev–Trinajstić information content (AvgIpc) is 2.94. The third-order valence-electron chi connectivity index (χ3n) is 2.76. The van der Waals surface area contributed by atoms with E-state index in [0.29, 0.717) is 0 Å². The molecular formula is C13H19N3S. The molecule has 0 saturated carbocycles. The largest absolute Gasteiger partial charge is 0.305 e. The molecule has 0 spiro atoms. The van der Waals surface area contributed by atoms with E-state index in [1.54, 1.807) is 11.3 Å². The van der Waals surface area contributed by atoms with E-state index in [1.165, 1.54) is 10.6 Å². The van der Waals surface area contributed by atoms with Crippen LogP contribution in [0.1, 0.15) is 36.2 Å². The quantitative estimate of drug-likeness (QED) is 0.883. The zero-order valence-corrected chi connectivity index (χ0v) is 11.4. The first-order valence-electron chi connectivity index (χ1n) is 6.07. The van der Waals surface area contributed by atoms with Gasteiger partial charge in [-0.3, -0.25) is 4.68 Å². The van der Waals surface area contributed by atoms with Crippen molar-refractivity contribution in [3.05, 3.63) is 39.8 Å². The van der Waals surface area contributed by atoms with Crippen LogP contribution in [0, 0.1) is 6.92 Å². The number of hydrogen-bond acceptors (Lipinski definition) is 3. The lowest BCUT2D eigenvalue weighted by molar-refractivity contribution is 0.546. The summed E-state index contributed by atoms with van der Waals surface area (Å²) in [7, 11) is 0. The summed E-state index contributed by atoms with van der Waals surface area (Å²) in [6.45, 7) is 8.19. The number of hydrogen-bond donors (Lipinski definition) is 1. The summed E-state index contributed by atoms with van der Waals surface area (Å²) >= 11 is 1.79. The van der Waals surface area contributed by atoms with Crippen molar-refractivity contribution in [1.29, 1.82) is 0 Å². The van der Waals surface area contributed by atoms with Crippen LogP contribution in [0.15, 0.2) is 23.6 Å². The molecule has 92 valence electrons. The maximum absolute atomic E-state index is 4.52. The SMILES string of the molecule is CCNC(c1cccs1)c1cc(C)nn1CC. The molecule has 17 heavy (non-hydrogen) atoms. The van der Waals surface area contributed by atoms with Gasteiger partial charge in [-0.2, -0.15) is 5.10 Å². The van der Waals surface area contributed by atoms with E-state index in [1.807, 2.05) is 6.92 Å². The van der Waals surface area contributed by atoms with Crippen LogP contribution in [0.5, 0.6) is 0 Å². The Labute approximate surface area is 106 Å². The molecule has 2 rings (SSSR count). The van der Waals surface area contributed by atoms with Crippen molar-refractivity contribution in [3.63, 3.8) is 0 Å². The molecule has 2 aromatic heterocycles. The number of thiophene rings is 1. The minimum absolute atomic E-state index is 0.265. The van der Waals surface area contributed by atoms with Crippen molar-refractivity contribution < 1.29 is 0 Å². The maximum Gasteiger partial charge on any atom is 0.0841 e.